The smallest absolute Gasteiger partial charge is 0.227 e. The summed E-state index contributed by atoms with van der Waals surface area (Å²) in [4.78, 5) is 26.9. The molecule has 0 aromatic heterocycles. The van der Waals surface area contributed by atoms with Crippen molar-refractivity contribution in [3.8, 4) is 17.2 Å². The molecule has 7 nitrogen and oxygen atoms in total. The number of carbonyl (C=O) groups is 2. The van der Waals surface area contributed by atoms with Gasteiger partial charge < -0.3 is 24.4 Å². The molecule has 1 N–H and O–H groups in total. The van der Waals surface area contributed by atoms with Gasteiger partial charge in [0, 0.05) is 24.6 Å². The zero-order chi connectivity index (χ0) is 21.6. The van der Waals surface area contributed by atoms with E-state index in [2.05, 4.69) is 5.32 Å². The van der Waals surface area contributed by atoms with Gasteiger partial charge in [0.1, 0.15) is 12.4 Å². The van der Waals surface area contributed by atoms with Crippen LogP contribution < -0.4 is 24.4 Å². The maximum absolute atomic E-state index is 12.7. The monoisotopic (exact) mass is 424 g/mol. The number of rotatable bonds is 7. The van der Waals surface area contributed by atoms with Gasteiger partial charge in [-0.15, -0.1) is 0 Å². The minimum absolute atomic E-state index is 0.0918. The fraction of sp³-hybridized carbons (Fsp3) is 0.417. The average molecular weight is 424 g/mol. The maximum atomic E-state index is 12.7. The maximum Gasteiger partial charge on any atom is 0.227 e. The lowest BCUT2D eigenvalue weighted by atomic mass is 10.2. The highest BCUT2D eigenvalue weighted by Gasteiger charge is 2.24. The van der Waals surface area contributed by atoms with E-state index in [-0.39, 0.29) is 30.8 Å². The molecular formula is C24H28N2O5. The number of nitrogens with zero attached hydrogens (tertiary/aromatic N) is 1. The summed E-state index contributed by atoms with van der Waals surface area (Å²) in [5.74, 6) is 1.66. The van der Waals surface area contributed by atoms with Gasteiger partial charge in [0.2, 0.25) is 11.8 Å². The Morgan fingerprint density at radius 2 is 1.90 bits per heavy atom. The van der Waals surface area contributed by atoms with E-state index in [9.17, 15) is 9.59 Å². The average Bonchev–Trinajstić information content (AvgIpc) is 3.30. The van der Waals surface area contributed by atoms with E-state index in [0.29, 0.717) is 36.1 Å². The minimum Gasteiger partial charge on any atom is -0.493 e. The summed E-state index contributed by atoms with van der Waals surface area (Å²) >= 11 is 0. The Morgan fingerprint density at radius 1 is 1.10 bits per heavy atom. The van der Waals surface area contributed by atoms with Gasteiger partial charge in [-0.3, -0.25) is 9.59 Å². The first-order chi connectivity index (χ1) is 15.1. The molecule has 4 rings (SSSR count). The third kappa shape index (κ3) is 5.10. The molecule has 0 spiro atoms. The number of anilines is 2. The molecule has 7 heteroatoms. The second-order valence-electron chi connectivity index (χ2n) is 7.80. The zero-order valence-electron chi connectivity index (χ0n) is 17.8. The molecule has 2 aromatic rings. The number of fused-ring (bicyclic) bond motifs is 1. The second-order valence-corrected chi connectivity index (χ2v) is 7.80. The van der Waals surface area contributed by atoms with Crippen molar-refractivity contribution in [2.75, 3.05) is 30.5 Å². The van der Waals surface area contributed by atoms with Crippen LogP contribution in [0, 0.1) is 0 Å². The van der Waals surface area contributed by atoms with Gasteiger partial charge in [-0.2, -0.15) is 0 Å². The van der Waals surface area contributed by atoms with Crippen LogP contribution in [0.5, 0.6) is 17.2 Å². The molecule has 0 unspecified atom stereocenters. The summed E-state index contributed by atoms with van der Waals surface area (Å²) < 4.78 is 17.1. The summed E-state index contributed by atoms with van der Waals surface area (Å²) in [5.41, 5.74) is 1.38. The van der Waals surface area contributed by atoms with Crippen LogP contribution in [0.1, 0.15) is 38.5 Å². The number of hydrogen-bond acceptors (Lipinski definition) is 5. The lowest BCUT2D eigenvalue weighted by molar-refractivity contribution is -0.122. The lowest BCUT2D eigenvalue weighted by Crippen LogP contribution is -2.38. The van der Waals surface area contributed by atoms with E-state index >= 15 is 0 Å². The number of hydrogen-bond donors (Lipinski definition) is 1. The van der Waals surface area contributed by atoms with Crippen LogP contribution in [-0.2, 0) is 9.59 Å². The van der Waals surface area contributed by atoms with Crippen molar-refractivity contribution in [3.05, 3.63) is 42.5 Å². The molecule has 2 aliphatic rings. The fourth-order valence-electron chi connectivity index (χ4n) is 4.04. The fourth-order valence-corrected chi connectivity index (χ4v) is 4.04. The van der Waals surface area contributed by atoms with Crippen molar-refractivity contribution in [2.45, 2.75) is 44.6 Å². The molecule has 164 valence electrons. The lowest BCUT2D eigenvalue weighted by Gasteiger charge is -2.29. The van der Waals surface area contributed by atoms with Gasteiger partial charge in [-0.1, -0.05) is 12.1 Å². The molecule has 1 heterocycles. The normalized spacial score (nSPS) is 15.7. The molecule has 0 bridgehead atoms. The molecule has 1 saturated carbocycles. The van der Waals surface area contributed by atoms with E-state index in [0.717, 1.165) is 18.5 Å². The third-order valence-electron chi connectivity index (χ3n) is 5.64. The summed E-state index contributed by atoms with van der Waals surface area (Å²) in [6.07, 6.45) is 4.83. The van der Waals surface area contributed by atoms with E-state index in [4.69, 9.17) is 14.2 Å². The highest BCUT2D eigenvalue weighted by atomic mass is 16.5. The first kappa shape index (κ1) is 21.0. The van der Waals surface area contributed by atoms with Crippen molar-refractivity contribution in [1.82, 2.24) is 0 Å². The summed E-state index contributed by atoms with van der Waals surface area (Å²) in [6, 6.07) is 12.8. The minimum atomic E-state index is -0.216. The first-order valence-corrected chi connectivity index (χ1v) is 10.8. The summed E-state index contributed by atoms with van der Waals surface area (Å²) in [5, 5.41) is 2.87. The van der Waals surface area contributed by atoms with Crippen LogP contribution in [0.4, 0.5) is 11.4 Å². The molecule has 31 heavy (non-hydrogen) atoms. The predicted octanol–water partition coefficient (Wildman–Crippen LogP) is 4.16. The molecule has 2 aromatic carbocycles. The SMILES string of the molecule is COc1ccc(NC(=O)CCC(=O)N2CCOc3ccccc32)cc1OC1CCCC1. The number of ether oxygens (including phenoxy) is 3. The second kappa shape index (κ2) is 9.73. The van der Waals surface area contributed by atoms with Crippen LogP contribution in [0.25, 0.3) is 0 Å². The number of methoxy groups -OCH3 is 1. The van der Waals surface area contributed by atoms with Crippen LogP contribution in [-0.4, -0.2) is 38.2 Å². The molecule has 1 aliphatic carbocycles. The van der Waals surface area contributed by atoms with Gasteiger partial charge in [-0.05, 0) is 49.9 Å². The molecule has 2 amide bonds. The topological polar surface area (TPSA) is 77.1 Å². The third-order valence-corrected chi connectivity index (χ3v) is 5.64. The van der Waals surface area contributed by atoms with E-state index in [1.165, 1.54) is 12.8 Å². The predicted molar refractivity (Wildman–Crippen MR) is 118 cm³/mol. The standard InChI is InChI=1S/C24H28N2O5/c1-29-21-11-10-17(16-22(21)31-18-6-2-3-7-18)25-23(27)12-13-24(28)26-14-15-30-20-9-5-4-8-19(20)26/h4-5,8-11,16,18H,2-3,6-7,12-15H2,1H3,(H,25,27). The van der Waals surface area contributed by atoms with Crippen LogP contribution in [0.3, 0.4) is 0 Å². The quantitative estimate of drug-likeness (QED) is 0.722. The number of carbonyl (C=O) groups excluding carboxylic acids is 2. The van der Waals surface area contributed by atoms with Crippen LogP contribution in [0.15, 0.2) is 42.5 Å². The molecule has 0 saturated heterocycles. The zero-order valence-corrected chi connectivity index (χ0v) is 17.8. The van der Waals surface area contributed by atoms with Crippen molar-refractivity contribution >= 4 is 23.2 Å². The van der Waals surface area contributed by atoms with Crippen molar-refractivity contribution in [1.29, 1.82) is 0 Å². The number of para-hydroxylation sites is 2. The van der Waals surface area contributed by atoms with Gasteiger partial charge >= 0.3 is 0 Å². The molecule has 1 aliphatic heterocycles. The van der Waals surface area contributed by atoms with E-state index < -0.39 is 0 Å². The Kier molecular flexibility index (Phi) is 6.60. The number of benzene rings is 2. The molecule has 0 atom stereocenters. The molecule has 1 fully saturated rings. The number of nitrogens with one attached hydrogen (secondary N) is 1. The largest absolute Gasteiger partial charge is 0.493 e. The Labute approximate surface area is 182 Å². The Bertz CT molecular complexity index is 939. The Balaban J connectivity index is 1.34. The Hall–Kier alpha value is -3.22. The summed E-state index contributed by atoms with van der Waals surface area (Å²) in [7, 11) is 1.60. The molecular weight excluding hydrogens is 396 g/mol. The van der Waals surface area contributed by atoms with Gasteiger partial charge in [0.15, 0.2) is 11.5 Å². The van der Waals surface area contributed by atoms with Gasteiger partial charge in [-0.25, -0.2) is 0 Å². The first-order valence-electron chi connectivity index (χ1n) is 10.8. The Morgan fingerprint density at radius 3 is 2.71 bits per heavy atom. The number of amides is 2. The van der Waals surface area contributed by atoms with E-state index in [1.807, 2.05) is 24.3 Å². The van der Waals surface area contributed by atoms with E-state index in [1.54, 1.807) is 30.2 Å². The molecule has 0 radical (unpaired) electrons. The van der Waals surface area contributed by atoms with Crippen molar-refractivity contribution in [2.24, 2.45) is 0 Å². The van der Waals surface area contributed by atoms with Crippen molar-refractivity contribution in [3.63, 3.8) is 0 Å². The van der Waals surface area contributed by atoms with Crippen LogP contribution >= 0.6 is 0 Å². The summed E-state index contributed by atoms with van der Waals surface area (Å²) in [6.45, 7) is 0.933. The van der Waals surface area contributed by atoms with Crippen molar-refractivity contribution < 1.29 is 23.8 Å². The highest BCUT2D eigenvalue weighted by Crippen LogP contribution is 2.34. The highest BCUT2D eigenvalue weighted by molar-refractivity contribution is 5.99. The van der Waals surface area contributed by atoms with Crippen LogP contribution in [0.2, 0.25) is 0 Å². The van der Waals surface area contributed by atoms with Gasteiger partial charge in [0.05, 0.1) is 25.4 Å². The van der Waals surface area contributed by atoms with Gasteiger partial charge in [0.25, 0.3) is 0 Å².